The number of rotatable bonds is 7. The Hall–Kier alpha value is -2.24. The molecular weight excluding hydrogens is 274 g/mol. The van der Waals surface area contributed by atoms with Gasteiger partial charge in [0.1, 0.15) is 18.0 Å². The van der Waals surface area contributed by atoms with Crippen LogP contribution in [0.3, 0.4) is 0 Å². The number of unbranched alkanes of at least 4 members (excludes halogenated alkanes) is 2. The lowest BCUT2D eigenvalue weighted by molar-refractivity contribution is 0.509. The van der Waals surface area contributed by atoms with Gasteiger partial charge in [-0.05, 0) is 18.6 Å². The molecule has 21 heavy (non-hydrogen) atoms. The molecule has 0 aliphatic heterocycles. The van der Waals surface area contributed by atoms with Crippen LogP contribution in [0.2, 0.25) is 0 Å². The van der Waals surface area contributed by atoms with Crippen molar-refractivity contribution in [3.8, 4) is 0 Å². The first-order chi connectivity index (χ1) is 10.2. The summed E-state index contributed by atoms with van der Waals surface area (Å²) >= 11 is 0. The first kappa shape index (κ1) is 15.2. The summed E-state index contributed by atoms with van der Waals surface area (Å²) in [5.41, 5.74) is 0.435. The van der Waals surface area contributed by atoms with E-state index in [1.165, 1.54) is 12.4 Å². The molecule has 4 nitrogen and oxygen atoms in total. The van der Waals surface area contributed by atoms with Crippen LogP contribution in [0.15, 0.2) is 30.6 Å². The van der Waals surface area contributed by atoms with Crippen LogP contribution in [0, 0.1) is 11.6 Å². The molecule has 0 atom stereocenters. The lowest BCUT2D eigenvalue weighted by atomic mass is 10.2. The minimum Gasteiger partial charge on any atom is -0.370 e. The van der Waals surface area contributed by atoms with Crippen molar-refractivity contribution >= 4 is 17.3 Å². The Morgan fingerprint density at radius 1 is 1.00 bits per heavy atom. The van der Waals surface area contributed by atoms with Crippen LogP contribution in [0.1, 0.15) is 26.2 Å². The van der Waals surface area contributed by atoms with Gasteiger partial charge in [-0.25, -0.2) is 18.7 Å². The van der Waals surface area contributed by atoms with E-state index in [4.69, 9.17) is 0 Å². The highest BCUT2D eigenvalue weighted by atomic mass is 19.2. The van der Waals surface area contributed by atoms with Crippen LogP contribution in [0.25, 0.3) is 0 Å². The molecule has 0 spiro atoms. The molecule has 1 heterocycles. The van der Waals surface area contributed by atoms with Crippen molar-refractivity contribution < 1.29 is 8.78 Å². The number of halogens is 2. The molecule has 2 rings (SSSR count). The largest absolute Gasteiger partial charge is 0.370 e. The van der Waals surface area contributed by atoms with E-state index in [0.717, 1.165) is 37.9 Å². The minimum atomic E-state index is -0.896. The first-order valence-corrected chi connectivity index (χ1v) is 6.97. The number of nitrogens with one attached hydrogen (secondary N) is 2. The lowest BCUT2D eigenvalue weighted by Crippen LogP contribution is -2.04. The normalized spacial score (nSPS) is 10.4. The predicted octanol–water partition coefficient (Wildman–Crippen LogP) is 4.10. The quantitative estimate of drug-likeness (QED) is 0.754. The van der Waals surface area contributed by atoms with Crippen molar-refractivity contribution in [3.05, 3.63) is 42.2 Å². The standard InChI is InChI=1S/C15H18F2N4/c1-2-3-4-7-18-14-9-15(20-10-19-14)21-11-5-6-12(16)13(17)8-11/h5-6,8-10H,2-4,7H2,1H3,(H2,18,19,20,21). The number of benzene rings is 1. The molecule has 0 bridgehead atoms. The van der Waals surface area contributed by atoms with Gasteiger partial charge >= 0.3 is 0 Å². The molecule has 0 amide bonds. The Bertz CT molecular complexity index is 590. The summed E-state index contributed by atoms with van der Waals surface area (Å²) in [6.45, 7) is 2.99. The molecule has 0 unspecified atom stereocenters. The summed E-state index contributed by atoms with van der Waals surface area (Å²) in [7, 11) is 0. The average molecular weight is 292 g/mol. The third kappa shape index (κ3) is 4.66. The molecule has 0 saturated carbocycles. The van der Waals surface area contributed by atoms with Crippen molar-refractivity contribution in [1.82, 2.24) is 9.97 Å². The highest BCUT2D eigenvalue weighted by molar-refractivity contribution is 5.58. The van der Waals surface area contributed by atoms with Gasteiger partial charge in [0.05, 0.1) is 0 Å². The Balaban J connectivity index is 1.98. The van der Waals surface area contributed by atoms with Crippen LogP contribution < -0.4 is 10.6 Å². The molecule has 0 saturated heterocycles. The molecule has 2 aromatic rings. The summed E-state index contributed by atoms with van der Waals surface area (Å²) in [4.78, 5) is 8.17. The molecule has 0 aliphatic carbocycles. The van der Waals surface area contributed by atoms with Gasteiger partial charge in [0.2, 0.25) is 0 Å². The van der Waals surface area contributed by atoms with Crippen molar-refractivity contribution in [2.75, 3.05) is 17.2 Å². The maximum atomic E-state index is 13.1. The molecule has 112 valence electrons. The Morgan fingerprint density at radius 3 is 2.57 bits per heavy atom. The van der Waals surface area contributed by atoms with E-state index in [1.54, 1.807) is 6.07 Å². The maximum Gasteiger partial charge on any atom is 0.160 e. The Kier molecular flexibility index (Phi) is 5.43. The average Bonchev–Trinajstić information content (AvgIpc) is 2.48. The van der Waals surface area contributed by atoms with Crippen LogP contribution in [-0.2, 0) is 0 Å². The third-order valence-electron chi connectivity index (χ3n) is 2.95. The molecule has 0 aliphatic rings. The zero-order valence-electron chi connectivity index (χ0n) is 11.9. The van der Waals surface area contributed by atoms with Crippen molar-refractivity contribution in [3.63, 3.8) is 0 Å². The second-order valence-electron chi connectivity index (χ2n) is 4.68. The fourth-order valence-corrected chi connectivity index (χ4v) is 1.84. The topological polar surface area (TPSA) is 49.8 Å². The minimum absolute atomic E-state index is 0.435. The monoisotopic (exact) mass is 292 g/mol. The second-order valence-corrected chi connectivity index (χ2v) is 4.68. The SMILES string of the molecule is CCCCCNc1cc(Nc2ccc(F)c(F)c2)ncn1. The lowest BCUT2D eigenvalue weighted by Gasteiger charge is -2.08. The van der Waals surface area contributed by atoms with E-state index in [0.29, 0.717) is 17.3 Å². The van der Waals surface area contributed by atoms with Crippen LogP contribution in [-0.4, -0.2) is 16.5 Å². The fraction of sp³-hybridized carbons (Fsp3) is 0.333. The van der Waals surface area contributed by atoms with Gasteiger partial charge in [-0.3, -0.25) is 0 Å². The summed E-state index contributed by atoms with van der Waals surface area (Å²) in [5.74, 6) is -0.548. The number of hydrogen-bond donors (Lipinski definition) is 2. The highest BCUT2D eigenvalue weighted by Crippen LogP contribution is 2.18. The maximum absolute atomic E-state index is 13.1. The zero-order valence-corrected chi connectivity index (χ0v) is 11.9. The van der Waals surface area contributed by atoms with Gasteiger partial charge < -0.3 is 10.6 Å². The molecule has 6 heteroatoms. The number of anilines is 3. The van der Waals surface area contributed by atoms with Crippen molar-refractivity contribution in [1.29, 1.82) is 0 Å². The summed E-state index contributed by atoms with van der Waals surface area (Å²) < 4.78 is 26.0. The van der Waals surface area contributed by atoms with E-state index in [-0.39, 0.29) is 0 Å². The summed E-state index contributed by atoms with van der Waals surface area (Å²) in [6, 6.07) is 5.34. The van der Waals surface area contributed by atoms with Gasteiger partial charge in [-0.15, -0.1) is 0 Å². The van der Waals surface area contributed by atoms with E-state index in [1.807, 2.05) is 0 Å². The predicted molar refractivity (Wildman–Crippen MR) is 79.7 cm³/mol. The van der Waals surface area contributed by atoms with Gasteiger partial charge in [0.15, 0.2) is 11.6 Å². The van der Waals surface area contributed by atoms with Crippen LogP contribution in [0.4, 0.5) is 26.1 Å². The first-order valence-electron chi connectivity index (χ1n) is 6.97. The van der Waals surface area contributed by atoms with Gasteiger partial charge in [-0.1, -0.05) is 19.8 Å². The Morgan fingerprint density at radius 2 is 1.81 bits per heavy atom. The van der Waals surface area contributed by atoms with E-state index < -0.39 is 11.6 Å². The number of nitrogens with zero attached hydrogens (tertiary/aromatic N) is 2. The van der Waals surface area contributed by atoms with Crippen LogP contribution >= 0.6 is 0 Å². The van der Waals surface area contributed by atoms with Crippen molar-refractivity contribution in [2.24, 2.45) is 0 Å². The molecule has 0 radical (unpaired) electrons. The van der Waals surface area contributed by atoms with Gasteiger partial charge in [-0.2, -0.15) is 0 Å². The number of hydrogen-bond acceptors (Lipinski definition) is 4. The van der Waals surface area contributed by atoms with E-state index >= 15 is 0 Å². The Labute approximate surface area is 122 Å². The smallest absolute Gasteiger partial charge is 0.160 e. The summed E-state index contributed by atoms with van der Waals surface area (Å²) in [5, 5.41) is 6.12. The van der Waals surface area contributed by atoms with Gasteiger partial charge in [0, 0.05) is 24.4 Å². The molecule has 1 aromatic carbocycles. The second kappa shape index (κ2) is 7.52. The van der Waals surface area contributed by atoms with Gasteiger partial charge in [0.25, 0.3) is 0 Å². The van der Waals surface area contributed by atoms with Crippen molar-refractivity contribution in [2.45, 2.75) is 26.2 Å². The highest BCUT2D eigenvalue weighted by Gasteiger charge is 2.04. The zero-order chi connectivity index (χ0) is 15.1. The molecular formula is C15H18F2N4. The third-order valence-corrected chi connectivity index (χ3v) is 2.95. The summed E-state index contributed by atoms with van der Waals surface area (Å²) in [6.07, 6.45) is 4.82. The molecule has 0 fully saturated rings. The molecule has 2 N–H and O–H groups in total. The van der Waals surface area contributed by atoms with E-state index in [9.17, 15) is 8.78 Å². The van der Waals surface area contributed by atoms with Crippen LogP contribution in [0.5, 0.6) is 0 Å². The molecule has 1 aromatic heterocycles. The number of aromatic nitrogens is 2. The van der Waals surface area contributed by atoms with E-state index in [2.05, 4.69) is 27.5 Å². The fourth-order valence-electron chi connectivity index (χ4n) is 1.84.